The van der Waals surface area contributed by atoms with Crippen LogP contribution in [0.2, 0.25) is 0 Å². The molecule has 27 heavy (non-hydrogen) atoms. The molecule has 1 amide bonds. The van der Waals surface area contributed by atoms with Crippen molar-refractivity contribution in [3.05, 3.63) is 90.3 Å². The highest BCUT2D eigenvalue weighted by molar-refractivity contribution is 5.91. The molecule has 0 unspecified atom stereocenters. The molecule has 7 heteroatoms. The maximum atomic E-state index is 12.3. The van der Waals surface area contributed by atoms with Crippen molar-refractivity contribution in [1.82, 2.24) is 29.9 Å². The van der Waals surface area contributed by atoms with E-state index in [-0.39, 0.29) is 11.6 Å². The first-order chi connectivity index (χ1) is 13.2. The molecular weight excluding hydrogens is 340 g/mol. The Bertz CT molecular complexity index is 1050. The van der Waals surface area contributed by atoms with Crippen LogP contribution in [-0.2, 0) is 6.54 Å². The number of nitrogens with zero attached hydrogens (tertiary/aromatic N) is 5. The molecule has 0 fully saturated rings. The number of para-hydroxylation sites is 1. The van der Waals surface area contributed by atoms with Gasteiger partial charge in [0.2, 0.25) is 0 Å². The molecule has 0 saturated heterocycles. The first-order valence-corrected chi connectivity index (χ1v) is 8.56. The molecule has 4 rings (SSSR count). The number of carbonyl (C=O) groups excluding carboxylic acids is 1. The number of rotatable bonds is 5. The van der Waals surface area contributed by atoms with Crippen LogP contribution in [0.5, 0.6) is 0 Å². The molecule has 7 nitrogen and oxygen atoms in total. The minimum absolute atomic E-state index is 0.258. The maximum absolute atomic E-state index is 12.3. The second kappa shape index (κ2) is 7.25. The molecule has 134 valence electrons. The van der Waals surface area contributed by atoms with Gasteiger partial charge >= 0.3 is 0 Å². The Morgan fingerprint density at radius 2 is 1.81 bits per heavy atom. The molecule has 0 saturated carbocycles. The second-order valence-electron chi connectivity index (χ2n) is 6.08. The van der Waals surface area contributed by atoms with E-state index in [1.54, 1.807) is 17.1 Å². The summed E-state index contributed by atoms with van der Waals surface area (Å²) in [6, 6.07) is 17.5. The normalized spacial score (nSPS) is 10.7. The number of benzene rings is 2. The zero-order valence-electron chi connectivity index (χ0n) is 14.8. The van der Waals surface area contributed by atoms with Gasteiger partial charge in [0.05, 0.1) is 11.9 Å². The molecule has 0 spiro atoms. The standard InChI is InChI=1S/C20H18N6O/c1-15-21-11-12-25(15)17-9-7-16(8-10-17)13-22-20(27)19-14-26(24-23-19)18-5-3-2-4-6-18/h2-12,14H,13H2,1H3,(H,22,27). The molecule has 0 aliphatic rings. The van der Waals surface area contributed by atoms with Gasteiger partial charge in [-0.05, 0) is 36.8 Å². The van der Waals surface area contributed by atoms with Gasteiger partial charge in [0, 0.05) is 24.6 Å². The maximum Gasteiger partial charge on any atom is 0.273 e. The van der Waals surface area contributed by atoms with E-state index in [4.69, 9.17) is 0 Å². The molecule has 2 aromatic heterocycles. The number of amides is 1. The Labute approximate surface area is 156 Å². The third-order valence-corrected chi connectivity index (χ3v) is 4.24. The monoisotopic (exact) mass is 358 g/mol. The highest BCUT2D eigenvalue weighted by atomic mass is 16.2. The number of aromatic nitrogens is 5. The van der Waals surface area contributed by atoms with Gasteiger partial charge in [-0.15, -0.1) is 5.10 Å². The summed E-state index contributed by atoms with van der Waals surface area (Å²) >= 11 is 0. The van der Waals surface area contributed by atoms with Crippen LogP contribution in [0.3, 0.4) is 0 Å². The zero-order chi connectivity index (χ0) is 18.6. The molecule has 2 heterocycles. The van der Waals surface area contributed by atoms with Crippen LogP contribution in [0.1, 0.15) is 21.9 Å². The molecule has 2 aromatic carbocycles. The van der Waals surface area contributed by atoms with Crippen LogP contribution < -0.4 is 5.32 Å². The van der Waals surface area contributed by atoms with Gasteiger partial charge in [-0.3, -0.25) is 4.79 Å². The van der Waals surface area contributed by atoms with Gasteiger partial charge in [0.15, 0.2) is 5.69 Å². The number of aryl methyl sites for hydroxylation is 1. The van der Waals surface area contributed by atoms with Crippen LogP contribution in [0.15, 0.2) is 73.2 Å². The van der Waals surface area contributed by atoms with E-state index in [0.717, 1.165) is 22.8 Å². The van der Waals surface area contributed by atoms with Crippen LogP contribution in [-0.4, -0.2) is 30.5 Å². The fourth-order valence-corrected chi connectivity index (χ4v) is 2.77. The molecule has 4 aromatic rings. The molecule has 0 aliphatic heterocycles. The van der Waals surface area contributed by atoms with Crippen molar-refractivity contribution in [2.24, 2.45) is 0 Å². The number of imidazole rings is 1. The smallest absolute Gasteiger partial charge is 0.273 e. The van der Waals surface area contributed by atoms with E-state index in [1.165, 1.54) is 0 Å². The van der Waals surface area contributed by atoms with E-state index < -0.39 is 0 Å². The summed E-state index contributed by atoms with van der Waals surface area (Å²) < 4.78 is 3.58. The van der Waals surface area contributed by atoms with Crippen molar-refractivity contribution in [3.63, 3.8) is 0 Å². The van der Waals surface area contributed by atoms with Crippen molar-refractivity contribution in [1.29, 1.82) is 0 Å². The van der Waals surface area contributed by atoms with Crippen molar-refractivity contribution >= 4 is 5.91 Å². The predicted molar refractivity (Wildman–Crippen MR) is 101 cm³/mol. The highest BCUT2D eigenvalue weighted by Crippen LogP contribution is 2.12. The van der Waals surface area contributed by atoms with E-state index in [2.05, 4.69) is 20.6 Å². The molecule has 1 N–H and O–H groups in total. The van der Waals surface area contributed by atoms with Gasteiger partial charge < -0.3 is 9.88 Å². The second-order valence-corrected chi connectivity index (χ2v) is 6.08. The lowest BCUT2D eigenvalue weighted by atomic mass is 10.2. The topological polar surface area (TPSA) is 77.6 Å². The summed E-state index contributed by atoms with van der Waals surface area (Å²) in [5.74, 6) is 0.671. The SMILES string of the molecule is Cc1nccn1-c1ccc(CNC(=O)c2cn(-c3ccccc3)nn2)cc1. The molecule has 0 atom stereocenters. The summed E-state index contributed by atoms with van der Waals surface area (Å²) in [4.78, 5) is 16.5. The van der Waals surface area contributed by atoms with Crippen LogP contribution >= 0.6 is 0 Å². The largest absolute Gasteiger partial charge is 0.347 e. The third kappa shape index (κ3) is 3.62. The van der Waals surface area contributed by atoms with Crippen molar-refractivity contribution in [2.75, 3.05) is 0 Å². The summed E-state index contributed by atoms with van der Waals surface area (Å²) in [5.41, 5.74) is 3.17. The molecular formula is C20H18N6O. The highest BCUT2D eigenvalue weighted by Gasteiger charge is 2.11. The Morgan fingerprint density at radius 1 is 1.04 bits per heavy atom. The molecule has 0 radical (unpaired) electrons. The van der Waals surface area contributed by atoms with E-state index in [1.807, 2.05) is 72.3 Å². The fraction of sp³-hybridized carbons (Fsp3) is 0.100. The first-order valence-electron chi connectivity index (χ1n) is 8.56. The number of hydrogen-bond donors (Lipinski definition) is 1. The quantitative estimate of drug-likeness (QED) is 0.595. The number of carbonyl (C=O) groups is 1. The lowest BCUT2D eigenvalue weighted by Crippen LogP contribution is -2.23. The van der Waals surface area contributed by atoms with Crippen molar-refractivity contribution in [2.45, 2.75) is 13.5 Å². The van der Waals surface area contributed by atoms with Gasteiger partial charge in [0.25, 0.3) is 5.91 Å². The van der Waals surface area contributed by atoms with Gasteiger partial charge in [-0.1, -0.05) is 35.5 Å². The molecule has 0 aliphatic carbocycles. The third-order valence-electron chi connectivity index (χ3n) is 4.24. The Morgan fingerprint density at radius 3 is 2.52 bits per heavy atom. The zero-order valence-corrected chi connectivity index (χ0v) is 14.8. The van der Waals surface area contributed by atoms with E-state index in [0.29, 0.717) is 6.54 Å². The number of nitrogens with one attached hydrogen (secondary N) is 1. The molecule has 0 bridgehead atoms. The Kier molecular flexibility index (Phi) is 4.49. The Hall–Kier alpha value is -3.74. The minimum atomic E-state index is -0.258. The Balaban J connectivity index is 1.39. The summed E-state index contributed by atoms with van der Waals surface area (Å²) in [6.45, 7) is 2.37. The van der Waals surface area contributed by atoms with Crippen LogP contribution in [0.25, 0.3) is 11.4 Å². The predicted octanol–water partition coefficient (Wildman–Crippen LogP) is 2.69. The summed E-state index contributed by atoms with van der Waals surface area (Å²) in [6.07, 6.45) is 5.31. The van der Waals surface area contributed by atoms with Gasteiger partial charge in [-0.2, -0.15) is 0 Å². The lowest BCUT2D eigenvalue weighted by Gasteiger charge is -2.07. The first kappa shape index (κ1) is 16.7. The van der Waals surface area contributed by atoms with Gasteiger partial charge in [0.1, 0.15) is 5.82 Å². The van der Waals surface area contributed by atoms with Crippen LogP contribution in [0, 0.1) is 6.92 Å². The summed E-state index contributed by atoms with van der Waals surface area (Å²) in [7, 11) is 0. The van der Waals surface area contributed by atoms with Crippen molar-refractivity contribution < 1.29 is 4.79 Å². The van der Waals surface area contributed by atoms with E-state index >= 15 is 0 Å². The number of hydrogen-bond acceptors (Lipinski definition) is 4. The lowest BCUT2D eigenvalue weighted by molar-refractivity contribution is 0.0946. The van der Waals surface area contributed by atoms with E-state index in [9.17, 15) is 4.79 Å². The summed E-state index contributed by atoms with van der Waals surface area (Å²) in [5, 5.41) is 10.8. The average molecular weight is 358 g/mol. The van der Waals surface area contributed by atoms with Crippen molar-refractivity contribution in [3.8, 4) is 11.4 Å². The average Bonchev–Trinajstić information content (AvgIpc) is 3.37. The van der Waals surface area contributed by atoms with Crippen LogP contribution in [0.4, 0.5) is 0 Å². The fourth-order valence-electron chi connectivity index (χ4n) is 2.77. The van der Waals surface area contributed by atoms with Gasteiger partial charge in [-0.25, -0.2) is 9.67 Å². The minimum Gasteiger partial charge on any atom is -0.347 e.